The Morgan fingerprint density at radius 2 is 2.36 bits per heavy atom. The standard InChI is InChI=1S/C8H16N4O2/c1-2-7(8(13)14)10-5-3-4-6-11-12-9/h7,10H,2-6H2,1H3,(H,13,14). The summed E-state index contributed by atoms with van der Waals surface area (Å²) >= 11 is 0. The molecule has 0 aromatic heterocycles. The highest BCUT2D eigenvalue weighted by Gasteiger charge is 2.12. The van der Waals surface area contributed by atoms with Crippen molar-refractivity contribution in [2.24, 2.45) is 5.11 Å². The van der Waals surface area contributed by atoms with Gasteiger partial charge in [0.2, 0.25) is 0 Å². The largest absolute Gasteiger partial charge is 0.480 e. The first-order valence-electron chi connectivity index (χ1n) is 4.69. The molecule has 6 heteroatoms. The molecule has 0 radical (unpaired) electrons. The van der Waals surface area contributed by atoms with E-state index in [9.17, 15) is 4.79 Å². The van der Waals surface area contributed by atoms with E-state index in [1.54, 1.807) is 0 Å². The van der Waals surface area contributed by atoms with Gasteiger partial charge in [0.25, 0.3) is 0 Å². The molecule has 2 N–H and O–H groups in total. The highest BCUT2D eigenvalue weighted by Crippen LogP contribution is 1.93. The normalized spacial score (nSPS) is 11.8. The Labute approximate surface area is 82.9 Å². The minimum atomic E-state index is -0.817. The lowest BCUT2D eigenvalue weighted by Gasteiger charge is -2.11. The molecule has 0 amide bonds. The number of nitrogens with one attached hydrogen (secondary N) is 1. The minimum Gasteiger partial charge on any atom is -0.480 e. The van der Waals surface area contributed by atoms with Crippen LogP contribution in [-0.2, 0) is 4.79 Å². The molecule has 0 spiro atoms. The second-order valence-corrected chi connectivity index (χ2v) is 2.91. The summed E-state index contributed by atoms with van der Waals surface area (Å²) in [5.41, 5.74) is 7.99. The molecule has 0 aromatic rings. The predicted octanol–water partition coefficient (Wildman–Crippen LogP) is 1.53. The molecule has 6 nitrogen and oxygen atoms in total. The van der Waals surface area contributed by atoms with E-state index in [2.05, 4.69) is 15.3 Å². The molecule has 1 unspecified atom stereocenters. The van der Waals surface area contributed by atoms with Crippen LogP contribution in [0.2, 0.25) is 0 Å². The third-order valence-corrected chi connectivity index (χ3v) is 1.85. The predicted molar refractivity (Wildman–Crippen MR) is 53.0 cm³/mol. The van der Waals surface area contributed by atoms with Crippen molar-refractivity contribution in [3.63, 3.8) is 0 Å². The van der Waals surface area contributed by atoms with Crippen LogP contribution in [0, 0.1) is 0 Å². The van der Waals surface area contributed by atoms with Crippen LogP contribution >= 0.6 is 0 Å². The number of hydrogen-bond acceptors (Lipinski definition) is 3. The van der Waals surface area contributed by atoms with Crippen molar-refractivity contribution >= 4 is 5.97 Å². The maximum atomic E-state index is 10.6. The van der Waals surface area contributed by atoms with E-state index in [0.29, 0.717) is 19.5 Å². The van der Waals surface area contributed by atoms with Gasteiger partial charge in [-0.3, -0.25) is 4.79 Å². The molecular weight excluding hydrogens is 184 g/mol. The van der Waals surface area contributed by atoms with Crippen LogP contribution in [0.25, 0.3) is 10.4 Å². The molecule has 80 valence electrons. The Balaban J connectivity index is 3.42. The van der Waals surface area contributed by atoms with E-state index in [4.69, 9.17) is 10.6 Å². The van der Waals surface area contributed by atoms with Crippen LogP contribution in [0.1, 0.15) is 26.2 Å². The van der Waals surface area contributed by atoms with Gasteiger partial charge in [-0.1, -0.05) is 12.0 Å². The number of nitrogens with zero attached hydrogens (tertiary/aromatic N) is 3. The van der Waals surface area contributed by atoms with Crippen LogP contribution in [-0.4, -0.2) is 30.2 Å². The number of rotatable bonds is 8. The monoisotopic (exact) mass is 200 g/mol. The Kier molecular flexibility index (Phi) is 7.59. The SMILES string of the molecule is CCC(NCCCCN=[N+]=[N-])C(=O)O. The van der Waals surface area contributed by atoms with Crippen molar-refractivity contribution in [2.45, 2.75) is 32.2 Å². The Morgan fingerprint density at radius 1 is 1.64 bits per heavy atom. The van der Waals surface area contributed by atoms with Gasteiger partial charge in [-0.25, -0.2) is 0 Å². The summed E-state index contributed by atoms with van der Waals surface area (Å²) in [6.45, 7) is 2.94. The van der Waals surface area contributed by atoms with Crippen molar-refractivity contribution < 1.29 is 9.90 Å². The van der Waals surface area contributed by atoms with Gasteiger partial charge in [-0.2, -0.15) is 0 Å². The maximum absolute atomic E-state index is 10.6. The van der Waals surface area contributed by atoms with Gasteiger partial charge >= 0.3 is 5.97 Å². The number of carbonyl (C=O) groups is 1. The molecule has 0 bridgehead atoms. The fraction of sp³-hybridized carbons (Fsp3) is 0.875. The van der Waals surface area contributed by atoms with Gasteiger partial charge in [-0.05, 0) is 31.3 Å². The van der Waals surface area contributed by atoms with Crippen LogP contribution < -0.4 is 5.32 Å². The van der Waals surface area contributed by atoms with Crippen LogP contribution in [0.15, 0.2) is 5.11 Å². The number of aliphatic carboxylic acids is 1. The van der Waals surface area contributed by atoms with E-state index in [0.717, 1.165) is 12.8 Å². The lowest BCUT2D eigenvalue weighted by molar-refractivity contribution is -0.139. The lowest BCUT2D eigenvalue weighted by Crippen LogP contribution is -2.36. The summed E-state index contributed by atoms with van der Waals surface area (Å²) in [4.78, 5) is 13.2. The Bertz CT molecular complexity index is 213. The molecule has 0 aliphatic rings. The van der Waals surface area contributed by atoms with Gasteiger partial charge in [-0.15, -0.1) is 0 Å². The van der Waals surface area contributed by atoms with Crippen LogP contribution in [0.3, 0.4) is 0 Å². The highest BCUT2D eigenvalue weighted by molar-refractivity contribution is 5.73. The van der Waals surface area contributed by atoms with Gasteiger partial charge < -0.3 is 10.4 Å². The zero-order chi connectivity index (χ0) is 10.8. The topological polar surface area (TPSA) is 98.1 Å². The van der Waals surface area contributed by atoms with Gasteiger partial charge in [0.1, 0.15) is 6.04 Å². The molecule has 0 rings (SSSR count). The zero-order valence-electron chi connectivity index (χ0n) is 8.31. The third kappa shape index (κ3) is 6.28. The van der Waals surface area contributed by atoms with Crippen LogP contribution in [0.5, 0.6) is 0 Å². The first kappa shape index (κ1) is 12.7. The Morgan fingerprint density at radius 3 is 2.86 bits per heavy atom. The molecule has 0 aliphatic carbocycles. The molecule has 0 saturated heterocycles. The average molecular weight is 200 g/mol. The number of carboxylic acids is 1. The number of carboxylic acid groups (broad SMARTS) is 1. The molecule has 0 fully saturated rings. The van der Waals surface area contributed by atoms with Gasteiger partial charge in [0.15, 0.2) is 0 Å². The van der Waals surface area contributed by atoms with Crippen molar-refractivity contribution in [3.8, 4) is 0 Å². The molecule has 1 atom stereocenters. The first-order valence-corrected chi connectivity index (χ1v) is 4.69. The third-order valence-electron chi connectivity index (χ3n) is 1.85. The summed E-state index contributed by atoms with van der Waals surface area (Å²) in [6, 6.07) is -0.463. The summed E-state index contributed by atoms with van der Waals surface area (Å²) in [6.07, 6.45) is 2.18. The zero-order valence-corrected chi connectivity index (χ0v) is 8.31. The van der Waals surface area contributed by atoms with E-state index in [1.807, 2.05) is 6.92 Å². The maximum Gasteiger partial charge on any atom is 0.320 e. The smallest absolute Gasteiger partial charge is 0.320 e. The molecule has 0 aromatic carbocycles. The second-order valence-electron chi connectivity index (χ2n) is 2.91. The van der Waals surface area contributed by atoms with Gasteiger partial charge in [0, 0.05) is 11.5 Å². The highest BCUT2D eigenvalue weighted by atomic mass is 16.4. The van der Waals surface area contributed by atoms with Crippen molar-refractivity contribution in [1.29, 1.82) is 0 Å². The molecule has 14 heavy (non-hydrogen) atoms. The quantitative estimate of drug-likeness (QED) is 0.269. The average Bonchev–Trinajstić information content (AvgIpc) is 2.16. The molecule has 0 aliphatic heterocycles. The van der Waals surface area contributed by atoms with Crippen molar-refractivity contribution in [2.75, 3.05) is 13.1 Å². The number of unbranched alkanes of at least 4 members (excludes halogenated alkanes) is 1. The number of azide groups is 1. The summed E-state index contributed by atoms with van der Waals surface area (Å²) in [5, 5.41) is 15.0. The summed E-state index contributed by atoms with van der Waals surface area (Å²) in [5.74, 6) is -0.817. The van der Waals surface area contributed by atoms with Crippen molar-refractivity contribution in [3.05, 3.63) is 10.4 Å². The first-order chi connectivity index (χ1) is 6.72. The lowest BCUT2D eigenvalue weighted by atomic mass is 10.2. The minimum absolute atomic E-state index is 0.463. The van der Waals surface area contributed by atoms with Gasteiger partial charge in [0.05, 0.1) is 0 Å². The van der Waals surface area contributed by atoms with E-state index >= 15 is 0 Å². The molecule has 0 saturated carbocycles. The van der Waals surface area contributed by atoms with E-state index in [-0.39, 0.29) is 0 Å². The molecule has 0 heterocycles. The fourth-order valence-electron chi connectivity index (χ4n) is 1.03. The summed E-state index contributed by atoms with van der Waals surface area (Å²) < 4.78 is 0. The van der Waals surface area contributed by atoms with E-state index in [1.165, 1.54) is 0 Å². The van der Waals surface area contributed by atoms with Crippen LogP contribution in [0.4, 0.5) is 0 Å². The summed E-state index contributed by atoms with van der Waals surface area (Å²) in [7, 11) is 0. The second kappa shape index (κ2) is 8.34. The van der Waals surface area contributed by atoms with Crippen molar-refractivity contribution in [1.82, 2.24) is 5.32 Å². The number of hydrogen-bond donors (Lipinski definition) is 2. The Hall–Kier alpha value is -1.26. The fourth-order valence-corrected chi connectivity index (χ4v) is 1.03. The molecular formula is C8H16N4O2. The van der Waals surface area contributed by atoms with E-state index < -0.39 is 12.0 Å².